The molecule has 3 aliphatic rings. The number of hydrogen-bond donors (Lipinski definition) is 1. The molecule has 1 N–H and O–H groups in total. The lowest BCUT2D eigenvalue weighted by Crippen LogP contribution is -2.53. The number of hydrogen-bond acceptors (Lipinski definition) is 5. The Morgan fingerprint density at radius 1 is 1.11 bits per heavy atom. The van der Waals surface area contributed by atoms with Crippen LogP contribution in [0, 0.1) is 26.7 Å². The molecule has 202 valence electrons. The second kappa shape index (κ2) is 10.1. The minimum absolute atomic E-state index is 0.0804. The van der Waals surface area contributed by atoms with Gasteiger partial charge < -0.3 is 9.88 Å². The van der Waals surface area contributed by atoms with Gasteiger partial charge in [0.25, 0.3) is 11.5 Å². The summed E-state index contributed by atoms with van der Waals surface area (Å²) in [5.74, 6) is 1.24. The first-order valence-corrected chi connectivity index (χ1v) is 15.0. The van der Waals surface area contributed by atoms with Gasteiger partial charge >= 0.3 is 0 Å². The zero-order valence-corrected chi connectivity index (χ0v) is 23.8. The Morgan fingerprint density at radius 3 is 2.55 bits per heavy atom. The molecule has 3 aromatic rings. The van der Waals surface area contributed by atoms with Gasteiger partial charge in [0.2, 0.25) is 0 Å². The molecule has 1 amide bonds. The standard InChI is InChI=1S/C30H39N5O2S/c1-18-14-19(2)32-29(36)25(18)17-33-13-10-26-27(30(33)37)21(4)28(38-26)20(3)22-6-8-23(9-7-22)34-15-24(16-34)35-12-5-11-31-35/h5,11-12,14,20,22-24H,6-10,13,15-17H2,1-4H3,(H,32,36)/t20-,22?,23?/m1/s1. The summed E-state index contributed by atoms with van der Waals surface area (Å²) in [6, 6.07) is 5.23. The van der Waals surface area contributed by atoms with E-state index in [1.807, 2.05) is 48.4 Å². The summed E-state index contributed by atoms with van der Waals surface area (Å²) in [5.41, 5.74) is 4.50. The van der Waals surface area contributed by atoms with E-state index in [4.69, 9.17) is 0 Å². The van der Waals surface area contributed by atoms with Crippen LogP contribution in [0.15, 0.2) is 29.3 Å². The number of nitrogens with one attached hydrogen (secondary N) is 1. The average molecular weight is 534 g/mol. The van der Waals surface area contributed by atoms with Crippen LogP contribution in [0.5, 0.6) is 0 Å². The number of rotatable bonds is 6. The lowest BCUT2D eigenvalue weighted by atomic mass is 9.76. The van der Waals surface area contributed by atoms with E-state index in [1.54, 1.807) is 0 Å². The van der Waals surface area contributed by atoms with Crippen LogP contribution in [0.1, 0.15) is 87.1 Å². The quantitative estimate of drug-likeness (QED) is 0.485. The van der Waals surface area contributed by atoms with E-state index in [0.717, 1.165) is 36.3 Å². The number of aromatic amines is 1. The Hall–Kier alpha value is -2.71. The fourth-order valence-electron chi connectivity index (χ4n) is 7.03. The van der Waals surface area contributed by atoms with Gasteiger partial charge in [-0.05, 0) is 81.5 Å². The normalized spacial score (nSPS) is 23.4. The van der Waals surface area contributed by atoms with Crippen LogP contribution < -0.4 is 5.56 Å². The average Bonchev–Trinajstić information content (AvgIpc) is 3.50. The number of fused-ring (bicyclic) bond motifs is 1. The summed E-state index contributed by atoms with van der Waals surface area (Å²) in [5, 5.41) is 4.41. The fraction of sp³-hybridized carbons (Fsp3) is 0.567. The van der Waals surface area contributed by atoms with E-state index in [1.165, 1.54) is 41.0 Å². The van der Waals surface area contributed by atoms with Crippen molar-refractivity contribution in [3.63, 3.8) is 0 Å². The zero-order chi connectivity index (χ0) is 26.6. The second-order valence-corrected chi connectivity index (χ2v) is 12.9. The van der Waals surface area contributed by atoms with Gasteiger partial charge in [0.15, 0.2) is 0 Å². The van der Waals surface area contributed by atoms with Crippen molar-refractivity contribution in [1.29, 1.82) is 0 Å². The second-order valence-electron chi connectivity index (χ2n) is 11.8. The summed E-state index contributed by atoms with van der Waals surface area (Å²) in [4.78, 5) is 36.3. The van der Waals surface area contributed by atoms with Gasteiger partial charge in [0, 0.05) is 65.5 Å². The molecule has 6 rings (SSSR count). The van der Waals surface area contributed by atoms with Crippen molar-refractivity contribution in [2.75, 3.05) is 19.6 Å². The molecule has 2 fully saturated rings. The number of thiophene rings is 1. The Balaban J connectivity index is 1.10. The van der Waals surface area contributed by atoms with Crippen LogP contribution in [0.25, 0.3) is 0 Å². The Bertz CT molecular complexity index is 1380. The first kappa shape index (κ1) is 25.6. The number of likely N-dealkylation sites (tertiary alicyclic amines) is 1. The summed E-state index contributed by atoms with van der Waals surface area (Å²) in [6.45, 7) is 11.7. The number of amides is 1. The highest BCUT2D eigenvalue weighted by molar-refractivity contribution is 7.12. The molecule has 1 saturated carbocycles. The third-order valence-corrected chi connectivity index (χ3v) is 10.9. The monoisotopic (exact) mass is 533 g/mol. The largest absolute Gasteiger partial charge is 0.334 e. The molecule has 1 atom stereocenters. The van der Waals surface area contributed by atoms with E-state index in [0.29, 0.717) is 42.6 Å². The number of nitrogens with zero attached hydrogens (tertiary/aromatic N) is 4. The highest BCUT2D eigenvalue weighted by atomic mass is 32.1. The lowest BCUT2D eigenvalue weighted by molar-refractivity contribution is 0.0270. The van der Waals surface area contributed by atoms with Crippen molar-refractivity contribution in [3.8, 4) is 0 Å². The smallest absolute Gasteiger partial charge is 0.255 e. The van der Waals surface area contributed by atoms with Gasteiger partial charge in [-0.3, -0.25) is 19.2 Å². The number of carbonyl (C=O) groups is 1. The minimum Gasteiger partial charge on any atom is -0.334 e. The van der Waals surface area contributed by atoms with Crippen molar-refractivity contribution in [1.82, 2.24) is 24.6 Å². The number of H-pyrrole nitrogens is 1. The third kappa shape index (κ3) is 4.56. The lowest BCUT2D eigenvalue weighted by Gasteiger charge is -2.47. The predicted octanol–water partition coefficient (Wildman–Crippen LogP) is 4.98. The van der Waals surface area contributed by atoms with Gasteiger partial charge in [-0.2, -0.15) is 5.10 Å². The van der Waals surface area contributed by atoms with Gasteiger partial charge in [0.05, 0.1) is 18.2 Å². The fourth-order valence-corrected chi connectivity index (χ4v) is 8.46. The van der Waals surface area contributed by atoms with Crippen LogP contribution in [0.4, 0.5) is 0 Å². The number of carbonyl (C=O) groups excluding carboxylic acids is 1. The SMILES string of the molecule is Cc1cc(C)c(CN2CCc3sc([C@H](C)C4CCC(N5CC(n6cccn6)C5)CC4)c(C)c3C2=O)c(=O)[nH]1. The molecular formula is C30H39N5O2S. The first-order valence-electron chi connectivity index (χ1n) is 14.1. The topological polar surface area (TPSA) is 74.2 Å². The first-order chi connectivity index (χ1) is 18.3. The number of aromatic nitrogens is 3. The maximum atomic E-state index is 13.6. The molecule has 3 aromatic heterocycles. The molecule has 7 nitrogen and oxygen atoms in total. The van der Waals surface area contributed by atoms with Crippen LogP contribution >= 0.6 is 11.3 Å². The molecule has 0 radical (unpaired) electrons. The van der Waals surface area contributed by atoms with E-state index in [2.05, 4.69) is 39.7 Å². The van der Waals surface area contributed by atoms with Crippen molar-refractivity contribution in [3.05, 3.63) is 72.6 Å². The van der Waals surface area contributed by atoms with Crippen molar-refractivity contribution in [2.24, 2.45) is 5.92 Å². The molecule has 1 aliphatic carbocycles. The number of pyridine rings is 1. The van der Waals surface area contributed by atoms with Crippen LogP contribution in [0.3, 0.4) is 0 Å². The minimum atomic E-state index is -0.0804. The van der Waals surface area contributed by atoms with E-state index in [-0.39, 0.29) is 11.5 Å². The summed E-state index contributed by atoms with van der Waals surface area (Å²) in [6.07, 6.45) is 9.87. The predicted molar refractivity (Wildman–Crippen MR) is 151 cm³/mol. The molecule has 2 aliphatic heterocycles. The molecule has 0 bridgehead atoms. The van der Waals surface area contributed by atoms with E-state index >= 15 is 0 Å². The molecule has 0 unspecified atom stereocenters. The highest BCUT2D eigenvalue weighted by Crippen LogP contribution is 2.44. The van der Waals surface area contributed by atoms with Crippen molar-refractivity contribution < 1.29 is 4.79 Å². The van der Waals surface area contributed by atoms with E-state index in [9.17, 15) is 9.59 Å². The molecule has 5 heterocycles. The number of aryl methyl sites for hydroxylation is 2. The van der Waals surface area contributed by atoms with E-state index < -0.39 is 0 Å². The Morgan fingerprint density at radius 2 is 1.87 bits per heavy atom. The summed E-state index contributed by atoms with van der Waals surface area (Å²) < 4.78 is 2.11. The maximum absolute atomic E-state index is 13.6. The molecule has 8 heteroatoms. The maximum Gasteiger partial charge on any atom is 0.255 e. The Kier molecular flexibility index (Phi) is 6.80. The molecule has 0 spiro atoms. The van der Waals surface area contributed by atoms with Gasteiger partial charge in [-0.25, -0.2) is 0 Å². The highest BCUT2D eigenvalue weighted by Gasteiger charge is 2.38. The zero-order valence-electron chi connectivity index (χ0n) is 23.0. The van der Waals surface area contributed by atoms with Gasteiger partial charge in [-0.15, -0.1) is 11.3 Å². The van der Waals surface area contributed by atoms with Gasteiger partial charge in [-0.1, -0.05) is 6.92 Å². The van der Waals surface area contributed by atoms with Gasteiger partial charge in [0.1, 0.15) is 0 Å². The molecule has 0 aromatic carbocycles. The Labute approximate surface area is 228 Å². The molecule has 38 heavy (non-hydrogen) atoms. The van der Waals surface area contributed by atoms with Crippen LogP contribution in [-0.4, -0.2) is 56.1 Å². The van der Waals surface area contributed by atoms with Crippen molar-refractivity contribution in [2.45, 2.75) is 84.3 Å². The third-order valence-electron chi connectivity index (χ3n) is 9.38. The van der Waals surface area contributed by atoms with Crippen LogP contribution in [0.2, 0.25) is 0 Å². The summed E-state index contributed by atoms with van der Waals surface area (Å²) in [7, 11) is 0. The molecular weight excluding hydrogens is 494 g/mol. The summed E-state index contributed by atoms with van der Waals surface area (Å²) >= 11 is 1.87. The van der Waals surface area contributed by atoms with Crippen molar-refractivity contribution >= 4 is 17.2 Å². The molecule has 1 saturated heterocycles. The van der Waals surface area contributed by atoms with Crippen LogP contribution in [-0.2, 0) is 13.0 Å².